The van der Waals surface area contributed by atoms with Gasteiger partial charge in [0.1, 0.15) is 0 Å². The van der Waals surface area contributed by atoms with Crippen LogP contribution in [0.4, 0.5) is 5.69 Å². The zero-order chi connectivity index (χ0) is 17.6. The lowest BCUT2D eigenvalue weighted by Crippen LogP contribution is -2.46. The van der Waals surface area contributed by atoms with Gasteiger partial charge < -0.3 is 15.1 Å². The lowest BCUT2D eigenvalue weighted by atomic mass is 9.94. The van der Waals surface area contributed by atoms with Gasteiger partial charge in [-0.1, -0.05) is 17.7 Å². The predicted molar refractivity (Wildman–Crippen MR) is 92.7 cm³/mol. The first-order valence-corrected chi connectivity index (χ1v) is 8.99. The van der Waals surface area contributed by atoms with E-state index < -0.39 is 0 Å². The minimum Gasteiger partial charge on any atom is -0.351 e. The van der Waals surface area contributed by atoms with Gasteiger partial charge in [0.05, 0.1) is 18.0 Å². The first-order valence-electron chi connectivity index (χ1n) is 8.61. The highest BCUT2D eigenvalue weighted by Crippen LogP contribution is 2.37. The third-order valence-electron chi connectivity index (χ3n) is 5.60. The standard InChI is InChI=1S/C18H19ClN4O2/c19-12-2-1-3-13(7-12)22-9-11(6-17(22)24)18(25)21-15-8-14-4-5-16(15)23(14)10-20/h1-3,7,11,14-16H,4-6,8-9H2,(H,21,25)/t11-,14-,15+,16+/m0/s1. The molecule has 130 valence electrons. The monoisotopic (exact) mass is 358 g/mol. The van der Waals surface area contributed by atoms with Crippen LogP contribution in [0, 0.1) is 17.4 Å². The zero-order valence-corrected chi connectivity index (χ0v) is 14.4. The summed E-state index contributed by atoms with van der Waals surface area (Å²) in [4.78, 5) is 28.4. The van der Waals surface area contributed by atoms with E-state index in [1.165, 1.54) is 0 Å². The fourth-order valence-corrected chi connectivity index (χ4v) is 4.56. The molecule has 3 aliphatic heterocycles. The summed E-state index contributed by atoms with van der Waals surface area (Å²) in [7, 11) is 0. The topological polar surface area (TPSA) is 76.4 Å². The Balaban J connectivity index is 1.41. The quantitative estimate of drug-likeness (QED) is 0.837. The minimum absolute atomic E-state index is 0.0150. The first kappa shape index (κ1) is 16.2. The van der Waals surface area contributed by atoms with Crippen molar-refractivity contribution in [3.05, 3.63) is 29.3 Å². The van der Waals surface area contributed by atoms with Gasteiger partial charge in [0.15, 0.2) is 6.19 Å². The molecule has 4 rings (SSSR count). The van der Waals surface area contributed by atoms with Crippen molar-refractivity contribution in [2.45, 2.75) is 43.8 Å². The number of anilines is 1. The summed E-state index contributed by atoms with van der Waals surface area (Å²) >= 11 is 6.00. The number of benzene rings is 1. The van der Waals surface area contributed by atoms with Crippen LogP contribution in [-0.2, 0) is 9.59 Å². The normalized spacial score (nSPS) is 30.6. The minimum atomic E-state index is -0.360. The molecule has 25 heavy (non-hydrogen) atoms. The van der Waals surface area contributed by atoms with Gasteiger partial charge in [-0.05, 0) is 37.5 Å². The van der Waals surface area contributed by atoms with Crippen molar-refractivity contribution >= 4 is 29.1 Å². The van der Waals surface area contributed by atoms with Gasteiger partial charge in [-0.25, -0.2) is 0 Å². The average molecular weight is 359 g/mol. The molecule has 3 aliphatic rings. The van der Waals surface area contributed by atoms with Crippen LogP contribution >= 0.6 is 11.6 Å². The molecule has 2 bridgehead atoms. The van der Waals surface area contributed by atoms with Gasteiger partial charge in [0, 0.05) is 29.7 Å². The van der Waals surface area contributed by atoms with Gasteiger partial charge in [0.25, 0.3) is 0 Å². The van der Waals surface area contributed by atoms with Crippen LogP contribution in [0.15, 0.2) is 24.3 Å². The molecule has 0 spiro atoms. The predicted octanol–water partition coefficient (Wildman–Crippen LogP) is 1.90. The second kappa shape index (κ2) is 6.23. The molecule has 1 aromatic rings. The third-order valence-corrected chi connectivity index (χ3v) is 5.83. The smallest absolute Gasteiger partial charge is 0.227 e. The maximum atomic E-state index is 12.6. The van der Waals surface area contributed by atoms with Crippen LogP contribution in [0.5, 0.6) is 0 Å². The van der Waals surface area contributed by atoms with Crippen molar-refractivity contribution in [2.75, 3.05) is 11.4 Å². The van der Waals surface area contributed by atoms with Crippen LogP contribution < -0.4 is 10.2 Å². The number of nitrogens with zero attached hydrogens (tertiary/aromatic N) is 3. The number of carbonyl (C=O) groups is 2. The van der Waals surface area contributed by atoms with E-state index in [4.69, 9.17) is 11.6 Å². The van der Waals surface area contributed by atoms with E-state index in [0.717, 1.165) is 24.9 Å². The number of hydrogen-bond acceptors (Lipinski definition) is 4. The molecule has 0 saturated carbocycles. The lowest BCUT2D eigenvalue weighted by molar-refractivity contribution is -0.127. The highest BCUT2D eigenvalue weighted by Gasteiger charge is 2.47. The molecule has 3 fully saturated rings. The molecule has 2 amide bonds. The number of halogens is 1. The third kappa shape index (κ3) is 2.83. The van der Waals surface area contributed by atoms with E-state index in [-0.39, 0.29) is 42.3 Å². The second-order valence-corrected chi connectivity index (χ2v) is 7.48. The summed E-state index contributed by atoms with van der Waals surface area (Å²) < 4.78 is 0. The molecule has 3 heterocycles. The fraction of sp³-hybridized carbons (Fsp3) is 0.500. The van der Waals surface area contributed by atoms with Crippen molar-refractivity contribution in [3.63, 3.8) is 0 Å². The van der Waals surface area contributed by atoms with Gasteiger partial charge >= 0.3 is 0 Å². The number of nitriles is 1. The van der Waals surface area contributed by atoms with Crippen LogP contribution in [0.2, 0.25) is 5.02 Å². The first-order chi connectivity index (χ1) is 12.1. The Labute approximate surface area is 151 Å². The van der Waals surface area contributed by atoms with Crippen LogP contribution in [-0.4, -0.2) is 41.4 Å². The Bertz CT molecular complexity index is 762. The number of hydrogen-bond donors (Lipinski definition) is 1. The number of rotatable bonds is 3. The molecule has 3 saturated heterocycles. The Morgan fingerprint density at radius 1 is 1.36 bits per heavy atom. The summed E-state index contributed by atoms with van der Waals surface area (Å²) in [5, 5.41) is 12.9. The number of carbonyl (C=O) groups excluding carboxylic acids is 2. The lowest BCUT2D eigenvalue weighted by Gasteiger charge is -2.23. The largest absolute Gasteiger partial charge is 0.351 e. The number of fused-ring (bicyclic) bond motifs is 2. The number of nitrogens with one attached hydrogen (secondary N) is 1. The summed E-state index contributed by atoms with van der Waals surface area (Å²) in [5.41, 5.74) is 0.725. The van der Waals surface area contributed by atoms with E-state index in [0.29, 0.717) is 11.6 Å². The second-order valence-electron chi connectivity index (χ2n) is 7.04. The van der Waals surface area contributed by atoms with Crippen LogP contribution in [0.25, 0.3) is 0 Å². The molecular formula is C18H19ClN4O2. The molecule has 4 atom stereocenters. The van der Waals surface area contributed by atoms with Crippen molar-refractivity contribution in [2.24, 2.45) is 5.92 Å². The summed E-state index contributed by atoms with van der Waals surface area (Å²) in [6.07, 6.45) is 5.25. The zero-order valence-electron chi connectivity index (χ0n) is 13.7. The van der Waals surface area contributed by atoms with E-state index in [1.807, 2.05) is 11.0 Å². The van der Waals surface area contributed by atoms with E-state index in [1.54, 1.807) is 23.1 Å². The van der Waals surface area contributed by atoms with Crippen molar-refractivity contribution in [3.8, 4) is 6.19 Å². The van der Waals surface area contributed by atoms with Crippen LogP contribution in [0.1, 0.15) is 25.7 Å². The van der Waals surface area contributed by atoms with E-state index >= 15 is 0 Å². The Kier molecular flexibility index (Phi) is 4.04. The van der Waals surface area contributed by atoms with Crippen molar-refractivity contribution < 1.29 is 9.59 Å². The molecular weight excluding hydrogens is 340 g/mol. The molecule has 0 aromatic heterocycles. The molecule has 6 nitrogen and oxygen atoms in total. The van der Waals surface area contributed by atoms with Gasteiger partial charge in [-0.3, -0.25) is 9.59 Å². The summed E-state index contributed by atoms with van der Waals surface area (Å²) in [5.74, 6) is -0.511. The SMILES string of the molecule is N#CN1[C@H]2CC[C@@H]1[C@H](NC(=O)[C@H]1CC(=O)N(c3cccc(Cl)c3)C1)C2. The summed E-state index contributed by atoms with van der Waals surface area (Å²) in [6, 6.07) is 7.50. The number of amides is 2. The molecule has 0 aliphatic carbocycles. The van der Waals surface area contributed by atoms with Crippen LogP contribution in [0.3, 0.4) is 0 Å². The van der Waals surface area contributed by atoms with Gasteiger partial charge in [0.2, 0.25) is 11.8 Å². The Morgan fingerprint density at radius 3 is 2.92 bits per heavy atom. The van der Waals surface area contributed by atoms with Crippen molar-refractivity contribution in [1.82, 2.24) is 10.2 Å². The summed E-state index contributed by atoms with van der Waals surface area (Å²) in [6.45, 7) is 0.369. The molecule has 0 radical (unpaired) electrons. The highest BCUT2D eigenvalue weighted by molar-refractivity contribution is 6.31. The Morgan fingerprint density at radius 2 is 2.20 bits per heavy atom. The average Bonchev–Trinajstić information content (AvgIpc) is 3.26. The maximum Gasteiger partial charge on any atom is 0.227 e. The van der Waals surface area contributed by atoms with Gasteiger partial charge in [-0.2, -0.15) is 5.26 Å². The van der Waals surface area contributed by atoms with Gasteiger partial charge in [-0.15, -0.1) is 0 Å². The maximum absolute atomic E-state index is 12.6. The molecule has 7 heteroatoms. The van der Waals surface area contributed by atoms with Crippen molar-refractivity contribution in [1.29, 1.82) is 5.26 Å². The fourth-order valence-electron chi connectivity index (χ4n) is 4.38. The van der Waals surface area contributed by atoms with E-state index in [9.17, 15) is 14.9 Å². The Hall–Kier alpha value is -2.26. The molecule has 0 unspecified atom stereocenters. The molecule has 1 N–H and O–H groups in total. The van der Waals surface area contributed by atoms with E-state index in [2.05, 4.69) is 11.5 Å². The highest BCUT2D eigenvalue weighted by atomic mass is 35.5. The molecule has 1 aromatic carbocycles.